The summed E-state index contributed by atoms with van der Waals surface area (Å²) in [6.45, 7) is 2.56. The quantitative estimate of drug-likeness (QED) is 0.391. The highest BCUT2D eigenvalue weighted by Gasteiger charge is 2.30. The summed E-state index contributed by atoms with van der Waals surface area (Å²) in [6, 6.07) is 18.5. The van der Waals surface area contributed by atoms with Gasteiger partial charge in [-0.3, -0.25) is 9.47 Å². The number of imidazole rings is 1. The molecular formula is C25H27N5O4S. The lowest BCUT2D eigenvalue weighted by Gasteiger charge is -2.33. The maximum Gasteiger partial charge on any atom is 0.243 e. The van der Waals surface area contributed by atoms with Crippen LogP contribution in [0.15, 0.2) is 71.8 Å². The van der Waals surface area contributed by atoms with Gasteiger partial charge in [0.25, 0.3) is 0 Å². The van der Waals surface area contributed by atoms with Gasteiger partial charge in [0.05, 0.1) is 25.7 Å². The molecule has 1 aliphatic rings. The molecule has 2 aromatic heterocycles. The first-order chi connectivity index (χ1) is 17.0. The van der Waals surface area contributed by atoms with Gasteiger partial charge in [0.15, 0.2) is 17.1 Å². The van der Waals surface area contributed by atoms with E-state index in [0.717, 1.165) is 22.7 Å². The van der Waals surface area contributed by atoms with Crippen LogP contribution in [0.1, 0.15) is 5.82 Å². The smallest absolute Gasteiger partial charge is 0.243 e. The maximum atomic E-state index is 13.3. The molecule has 1 aliphatic heterocycles. The van der Waals surface area contributed by atoms with Crippen LogP contribution in [0.25, 0.3) is 16.9 Å². The lowest BCUT2D eigenvalue weighted by molar-refractivity contribution is 0.177. The minimum Gasteiger partial charge on any atom is -0.493 e. The number of ether oxygens (including phenoxy) is 2. The fourth-order valence-corrected chi connectivity index (χ4v) is 5.81. The number of piperazine rings is 1. The molecule has 0 atom stereocenters. The molecule has 0 radical (unpaired) electrons. The van der Waals surface area contributed by atoms with Crippen molar-refractivity contribution in [1.29, 1.82) is 0 Å². The van der Waals surface area contributed by atoms with E-state index in [0.29, 0.717) is 44.2 Å². The lowest BCUT2D eigenvalue weighted by Crippen LogP contribution is -2.48. The van der Waals surface area contributed by atoms with Crippen molar-refractivity contribution in [2.24, 2.45) is 0 Å². The van der Waals surface area contributed by atoms with Crippen molar-refractivity contribution >= 4 is 21.2 Å². The molecule has 2 aromatic carbocycles. The average molecular weight is 494 g/mol. The molecule has 0 N–H and O–H groups in total. The van der Waals surface area contributed by atoms with E-state index < -0.39 is 10.0 Å². The van der Waals surface area contributed by atoms with Gasteiger partial charge < -0.3 is 9.47 Å². The Morgan fingerprint density at radius 1 is 0.886 bits per heavy atom. The molecule has 10 heteroatoms. The van der Waals surface area contributed by atoms with Crippen LogP contribution in [0.2, 0.25) is 0 Å². The third kappa shape index (κ3) is 4.47. The second-order valence-corrected chi connectivity index (χ2v) is 10.2. The summed E-state index contributed by atoms with van der Waals surface area (Å²) in [5, 5.41) is 0. The largest absolute Gasteiger partial charge is 0.493 e. The Morgan fingerprint density at radius 2 is 1.63 bits per heavy atom. The molecule has 4 aromatic rings. The molecule has 0 amide bonds. The van der Waals surface area contributed by atoms with Crippen LogP contribution in [-0.2, 0) is 16.6 Å². The minimum absolute atomic E-state index is 0.195. The summed E-state index contributed by atoms with van der Waals surface area (Å²) >= 11 is 0. The molecule has 3 heterocycles. The van der Waals surface area contributed by atoms with Crippen molar-refractivity contribution in [1.82, 2.24) is 23.7 Å². The van der Waals surface area contributed by atoms with Crippen LogP contribution in [0.5, 0.6) is 11.5 Å². The molecule has 182 valence electrons. The highest BCUT2D eigenvalue weighted by molar-refractivity contribution is 7.89. The zero-order valence-electron chi connectivity index (χ0n) is 19.7. The monoisotopic (exact) mass is 493 g/mol. The fraction of sp³-hybridized carbons (Fsp3) is 0.280. The third-order valence-corrected chi connectivity index (χ3v) is 8.08. The van der Waals surface area contributed by atoms with Crippen molar-refractivity contribution in [3.63, 3.8) is 0 Å². The van der Waals surface area contributed by atoms with Crippen LogP contribution in [-0.4, -0.2) is 72.6 Å². The first-order valence-electron chi connectivity index (χ1n) is 11.3. The average Bonchev–Trinajstić information content (AvgIpc) is 3.26. The van der Waals surface area contributed by atoms with Gasteiger partial charge in [0.1, 0.15) is 11.3 Å². The van der Waals surface area contributed by atoms with Crippen LogP contribution in [0, 0.1) is 0 Å². The second kappa shape index (κ2) is 9.65. The molecule has 0 aliphatic carbocycles. The highest BCUT2D eigenvalue weighted by atomic mass is 32.2. The fourth-order valence-electron chi connectivity index (χ4n) is 4.37. The van der Waals surface area contributed by atoms with E-state index in [2.05, 4.69) is 14.5 Å². The SMILES string of the molecule is COc1ccc(S(=O)(=O)N2CCN(Cc3nc4cccnc4n3-c3ccccc3)CC2)cc1OC. The summed E-state index contributed by atoms with van der Waals surface area (Å²) in [5.74, 6) is 1.76. The topological polar surface area (TPSA) is 89.8 Å². The normalized spacial score (nSPS) is 15.4. The molecule has 0 unspecified atom stereocenters. The summed E-state index contributed by atoms with van der Waals surface area (Å²) in [6.07, 6.45) is 1.77. The van der Waals surface area contributed by atoms with Crippen molar-refractivity contribution < 1.29 is 17.9 Å². The second-order valence-electron chi connectivity index (χ2n) is 8.24. The van der Waals surface area contributed by atoms with E-state index in [1.807, 2.05) is 42.5 Å². The highest BCUT2D eigenvalue weighted by Crippen LogP contribution is 2.31. The van der Waals surface area contributed by atoms with E-state index in [-0.39, 0.29) is 4.90 Å². The van der Waals surface area contributed by atoms with Crippen molar-refractivity contribution in [3.8, 4) is 17.2 Å². The van der Waals surface area contributed by atoms with Gasteiger partial charge in [-0.05, 0) is 36.4 Å². The first kappa shape index (κ1) is 23.3. The number of nitrogens with zero attached hydrogens (tertiary/aromatic N) is 5. The number of sulfonamides is 1. The number of hydrogen-bond acceptors (Lipinski definition) is 7. The molecule has 0 bridgehead atoms. The zero-order valence-corrected chi connectivity index (χ0v) is 20.5. The number of rotatable bonds is 7. The molecule has 0 spiro atoms. The Bertz CT molecular complexity index is 1430. The standard InChI is InChI=1S/C25H27N5O4S/c1-33-22-11-10-20(17-23(22)34-2)35(31,32)29-15-13-28(14-16-29)18-24-27-21-9-6-12-26-25(21)30(24)19-7-4-3-5-8-19/h3-12,17H,13-16,18H2,1-2H3. The summed E-state index contributed by atoms with van der Waals surface area (Å²) in [5.41, 5.74) is 2.64. The number of hydrogen-bond donors (Lipinski definition) is 0. The van der Waals surface area contributed by atoms with E-state index in [9.17, 15) is 8.42 Å². The number of para-hydroxylation sites is 1. The van der Waals surface area contributed by atoms with Gasteiger partial charge in [-0.25, -0.2) is 18.4 Å². The Morgan fingerprint density at radius 3 is 2.34 bits per heavy atom. The van der Waals surface area contributed by atoms with E-state index >= 15 is 0 Å². The molecule has 35 heavy (non-hydrogen) atoms. The zero-order chi connectivity index (χ0) is 24.4. The van der Waals surface area contributed by atoms with Gasteiger partial charge in [0, 0.05) is 44.1 Å². The summed E-state index contributed by atoms with van der Waals surface area (Å²) in [7, 11) is -0.635. The number of aromatic nitrogens is 3. The molecule has 1 saturated heterocycles. The van der Waals surface area contributed by atoms with Crippen LogP contribution in [0.3, 0.4) is 0 Å². The van der Waals surface area contributed by atoms with E-state index in [4.69, 9.17) is 14.5 Å². The predicted octanol–water partition coefficient (Wildman–Crippen LogP) is 2.94. The Kier molecular flexibility index (Phi) is 6.42. The molecule has 5 rings (SSSR count). The summed E-state index contributed by atoms with van der Waals surface area (Å²) in [4.78, 5) is 11.8. The van der Waals surface area contributed by atoms with Crippen LogP contribution in [0.4, 0.5) is 0 Å². The number of methoxy groups -OCH3 is 2. The van der Waals surface area contributed by atoms with Crippen LogP contribution >= 0.6 is 0 Å². The Hall–Kier alpha value is -3.47. The van der Waals surface area contributed by atoms with E-state index in [1.165, 1.54) is 24.6 Å². The van der Waals surface area contributed by atoms with Crippen molar-refractivity contribution in [2.75, 3.05) is 40.4 Å². The molecule has 9 nitrogen and oxygen atoms in total. The van der Waals surface area contributed by atoms with Crippen molar-refractivity contribution in [2.45, 2.75) is 11.4 Å². The summed E-state index contributed by atoms with van der Waals surface area (Å²) < 4.78 is 40.6. The number of pyridine rings is 1. The molecular weight excluding hydrogens is 466 g/mol. The Labute approximate surface area is 204 Å². The predicted molar refractivity (Wildman–Crippen MR) is 132 cm³/mol. The number of fused-ring (bicyclic) bond motifs is 1. The van der Waals surface area contributed by atoms with Gasteiger partial charge in [-0.2, -0.15) is 4.31 Å². The van der Waals surface area contributed by atoms with Gasteiger partial charge >= 0.3 is 0 Å². The van der Waals surface area contributed by atoms with Gasteiger partial charge in [-0.1, -0.05) is 18.2 Å². The minimum atomic E-state index is -3.65. The third-order valence-electron chi connectivity index (χ3n) is 6.19. The van der Waals surface area contributed by atoms with Gasteiger partial charge in [0.2, 0.25) is 10.0 Å². The lowest BCUT2D eigenvalue weighted by atomic mass is 10.3. The number of benzene rings is 2. The first-order valence-corrected chi connectivity index (χ1v) is 12.8. The van der Waals surface area contributed by atoms with Crippen molar-refractivity contribution in [3.05, 3.63) is 72.7 Å². The molecule has 0 saturated carbocycles. The van der Waals surface area contributed by atoms with Crippen LogP contribution < -0.4 is 9.47 Å². The van der Waals surface area contributed by atoms with E-state index in [1.54, 1.807) is 18.3 Å². The maximum absolute atomic E-state index is 13.3. The Balaban J connectivity index is 1.34. The van der Waals surface area contributed by atoms with Gasteiger partial charge in [-0.15, -0.1) is 0 Å². The molecule has 1 fully saturated rings.